The zero-order valence-electron chi connectivity index (χ0n) is 14.0. The van der Waals surface area contributed by atoms with E-state index < -0.39 is 10.9 Å². The first-order chi connectivity index (χ1) is 10.8. The fourth-order valence-corrected chi connectivity index (χ4v) is 3.84. The Morgan fingerprint density at radius 3 is 1.26 bits per heavy atom. The van der Waals surface area contributed by atoms with Gasteiger partial charge in [-0.3, -0.25) is 0 Å². The Morgan fingerprint density at radius 2 is 1.00 bits per heavy atom. The van der Waals surface area contributed by atoms with Crippen LogP contribution in [0, 0.1) is 0 Å². The zero-order chi connectivity index (χ0) is 17.0. The van der Waals surface area contributed by atoms with Gasteiger partial charge in [0.25, 0.3) is 0 Å². The Bertz CT molecular complexity index is 561. The minimum absolute atomic E-state index is 0.0952. The summed E-state index contributed by atoms with van der Waals surface area (Å²) in [6.07, 6.45) is 0. The second-order valence-electron chi connectivity index (χ2n) is 6.11. The van der Waals surface area contributed by atoms with Crippen LogP contribution < -0.4 is 0 Å². The standard InChI is InChI=1S/C19H24O2S2/c1-13(20)22-17-9-5-15(6-10-17)19(3,4)16-7-11-18(12-8-16)23-14(2)21/h5-14,20-21H,1-4H3. The maximum Gasteiger partial charge on any atom is 0.101 e. The topological polar surface area (TPSA) is 40.5 Å². The predicted octanol–water partition coefficient (Wildman–Crippen LogP) is 4.87. The largest absolute Gasteiger partial charge is 0.382 e. The summed E-state index contributed by atoms with van der Waals surface area (Å²) < 4.78 is 0. The van der Waals surface area contributed by atoms with Gasteiger partial charge < -0.3 is 10.2 Å². The van der Waals surface area contributed by atoms with Gasteiger partial charge in [0.15, 0.2) is 0 Å². The van der Waals surface area contributed by atoms with Gasteiger partial charge in [0.1, 0.15) is 10.9 Å². The highest BCUT2D eigenvalue weighted by atomic mass is 32.2. The lowest BCUT2D eigenvalue weighted by molar-refractivity contribution is 0.283. The molecule has 124 valence electrons. The molecule has 0 aliphatic heterocycles. The molecule has 2 N–H and O–H groups in total. The molecule has 4 heteroatoms. The lowest BCUT2D eigenvalue weighted by Crippen LogP contribution is -2.18. The molecule has 0 heterocycles. The number of aliphatic hydroxyl groups is 2. The van der Waals surface area contributed by atoms with Gasteiger partial charge in [-0.15, -0.1) is 0 Å². The van der Waals surface area contributed by atoms with Gasteiger partial charge in [0.05, 0.1) is 0 Å². The van der Waals surface area contributed by atoms with E-state index >= 15 is 0 Å². The van der Waals surface area contributed by atoms with E-state index in [9.17, 15) is 10.2 Å². The predicted molar refractivity (Wildman–Crippen MR) is 100 cm³/mol. The Labute approximate surface area is 147 Å². The molecule has 2 aromatic carbocycles. The van der Waals surface area contributed by atoms with Crippen LogP contribution in [-0.4, -0.2) is 21.1 Å². The number of benzene rings is 2. The maximum atomic E-state index is 9.44. The van der Waals surface area contributed by atoms with E-state index in [4.69, 9.17) is 0 Å². The molecule has 2 unspecified atom stereocenters. The van der Waals surface area contributed by atoms with Gasteiger partial charge >= 0.3 is 0 Å². The molecule has 2 nitrogen and oxygen atoms in total. The molecule has 2 atom stereocenters. The first-order valence-corrected chi connectivity index (χ1v) is 9.45. The van der Waals surface area contributed by atoms with Crippen molar-refractivity contribution in [2.75, 3.05) is 0 Å². The highest BCUT2D eigenvalue weighted by molar-refractivity contribution is 8.00. The number of rotatable bonds is 6. The first kappa shape index (κ1) is 18.4. The van der Waals surface area contributed by atoms with Crippen LogP contribution in [0.4, 0.5) is 0 Å². The second kappa shape index (κ2) is 7.75. The summed E-state index contributed by atoms with van der Waals surface area (Å²) in [7, 11) is 0. The lowest BCUT2D eigenvalue weighted by Gasteiger charge is -2.26. The van der Waals surface area contributed by atoms with Crippen LogP contribution in [0.3, 0.4) is 0 Å². The Morgan fingerprint density at radius 1 is 0.696 bits per heavy atom. The van der Waals surface area contributed by atoms with Crippen molar-refractivity contribution < 1.29 is 10.2 Å². The molecule has 0 saturated carbocycles. The van der Waals surface area contributed by atoms with Crippen molar-refractivity contribution in [3.05, 3.63) is 59.7 Å². The molecule has 0 saturated heterocycles. The fraction of sp³-hybridized carbons (Fsp3) is 0.368. The molecule has 2 aromatic rings. The fourth-order valence-electron chi connectivity index (χ4n) is 2.46. The summed E-state index contributed by atoms with van der Waals surface area (Å²) in [4.78, 5) is 2.14. The first-order valence-electron chi connectivity index (χ1n) is 7.69. The van der Waals surface area contributed by atoms with E-state index in [1.807, 2.05) is 0 Å². The Kier molecular flexibility index (Phi) is 6.20. The third kappa shape index (κ3) is 5.01. The quantitative estimate of drug-likeness (QED) is 0.577. The third-order valence-electron chi connectivity index (χ3n) is 3.77. The number of hydrogen-bond acceptors (Lipinski definition) is 4. The smallest absolute Gasteiger partial charge is 0.101 e. The van der Waals surface area contributed by atoms with Crippen molar-refractivity contribution >= 4 is 23.5 Å². The molecule has 0 aliphatic carbocycles. The molecule has 23 heavy (non-hydrogen) atoms. The molecule has 0 aromatic heterocycles. The van der Waals surface area contributed by atoms with E-state index in [0.717, 1.165) is 9.79 Å². The molecular formula is C19H24O2S2. The van der Waals surface area contributed by atoms with Crippen molar-refractivity contribution in [3.8, 4) is 0 Å². The second-order valence-corrected chi connectivity index (χ2v) is 8.89. The average Bonchev–Trinajstić information content (AvgIpc) is 2.47. The lowest BCUT2D eigenvalue weighted by atomic mass is 9.78. The molecule has 0 fully saturated rings. The summed E-state index contributed by atoms with van der Waals surface area (Å²) in [5.74, 6) is 0. The van der Waals surface area contributed by atoms with Crippen molar-refractivity contribution in [1.29, 1.82) is 0 Å². The van der Waals surface area contributed by atoms with Crippen LogP contribution in [0.5, 0.6) is 0 Å². The molecule has 0 aliphatic rings. The van der Waals surface area contributed by atoms with Gasteiger partial charge in [0.2, 0.25) is 0 Å². The number of aliphatic hydroxyl groups excluding tert-OH is 2. The number of hydrogen-bond donors (Lipinski definition) is 2. The zero-order valence-corrected chi connectivity index (χ0v) is 15.6. The van der Waals surface area contributed by atoms with Crippen molar-refractivity contribution in [2.45, 2.75) is 53.8 Å². The minimum Gasteiger partial charge on any atom is -0.382 e. The van der Waals surface area contributed by atoms with Crippen LogP contribution in [0.1, 0.15) is 38.8 Å². The van der Waals surface area contributed by atoms with E-state index in [-0.39, 0.29) is 5.41 Å². The van der Waals surface area contributed by atoms with Crippen LogP contribution in [0.2, 0.25) is 0 Å². The van der Waals surface area contributed by atoms with E-state index in [1.165, 1.54) is 34.7 Å². The minimum atomic E-state index is -0.396. The normalized spacial score (nSPS) is 14.5. The van der Waals surface area contributed by atoms with Crippen LogP contribution in [-0.2, 0) is 5.41 Å². The molecule has 0 amide bonds. The summed E-state index contributed by atoms with van der Waals surface area (Å²) >= 11 is 2.90. The molecule has 0 radical (unpaired) electrons. The van der Waals surface area contributed by atoms with Crippen molar-refractivity contribution in [1.82, 2.24) is 0 Å². The molecule has 2 rings (SSSR count). The summed E-state index contributed by atoms with van der Waals surface area (Å²) in [6.45, 7) is 7.96. The summed E-state index contributed by atoms with van der Waals surface area (Å²) in [6, 6.07) is 16.8. The van der Waals surface area contributed by atoms with E-state index in [1.54, 1.807) is 13.8 Å². The van der Waals surface area contributed by atoms with Gasteiger partial charge in [-0.1, -0.05) is 61.6 Å². The Balaban J connectivity index is 2.19. The summed E-state index contributed by atoms with van der Waals surface area (Å²) in [5, 5.41) is 18.9. The monoisotopic (exact) mass is 348 g/mol. The van der Waals surface area contributed by atoms with E-state index in [2.05, 4.69) is 62.4 Å². The highest BCUT2D eigenvalue weighted by Gasteiger charge is 2.23. The van der Waals surface area contributed by atoms with Crippen LogP contribution in [0.25, 0.3) is 0 Å². The maximum absolute atomic E-state index is 9.44. The molecule has 0 spiro atoms. The summed E-state index contributed by atoms with van der Waals surface area (Å²) in [5.41, 5.74) is 1.59. The van der Waals surface area contributed by atoms with Gasteiger partial charge in [-0.05, 0) is 49.2 Å². The van der Waals surface area contributed by atoms with Crippen LogP contribution >= 0.6 is 23.5 Å². The van der Waals surface area contributed by atoms with Crippen LogP contribution in [0.15, 0.2) is 58.3 Å². The van der Waals surface area contributed by atoms with Gasteiger partial charge in [0, 0.05) is 15.2 Å². The van der Waals surface area contributed by atoms with Crippen molar-refractivity contribution in [3.63, 3.8) is 0 Å². The molecular weight excluding hydrogens is 324 g/mol. The van der Waals surface area contributed by atoms with Gasteiger partial charge in [-0.2, -0.15) is 0 Å². The SMILES string of the molecule is CC(O)Sc1ccc(C(C)(C)c2ccc(SC(C)O)cc2)cc1. The van der Waals surface area contributed by atoms with Gasteiger partial charge in [-0.25, -0.2) is 0 Å². The van der Waals surface area contributed by atoms with E-state index in [0.29, 0.717) is 0 Å². The average molecular weight is 349 g/mol. The van der Waals surface area contributed by atoms with Crippen molar-refractivity contribution in [2.24, 2.45) is 0 Å². The molecule has 0 bridgehead atoms. The highest BCUT2D eigenvalue weighted by Crippen LogP contribution is 2.34. The number of thioether (sulfide) groups is 2. The Hall–Kier alpha value is -0.940. The third-order valence-corrected chi connectivity index (χ3v) is 5.54.